The van der Waals surface area contributed by atoms with Crippen LogP contribution in [0.2, 0.25) is 0 Å². The molecule has 68 heavy (non-hydrogen) atoms. The van der Waals surface area contributed by atoms with Crippen molar-refractivity contribution in [3.8, 4) is 22.3 Å². The van der Waals surface area contributed by atoms with Crippen molar-refractivity contribution in [2.75, 3.05) is 4.90 Å². The largest absolute Gasteiger partial charge is 0.455 e. The summed E-state index contributed by atoms with van der Waals surface area (Å²) in [5.74, 6) is 0. The molecule has 0 saturated heterocycles. The fourth-order valence-electron chi connectivity index (χ4n) is 11.2. The van der Waals surface area contributed by atoms with Crippen molar-refractivity contribution < 1.29 is 4.42 Å². The molecule has 3 heteroatoms. The number of aromatic nitrogens is 1. The summed E-state index contributed by atoms with van der Waals surface area (Å²) in [6.45, 7) is 4.23. The van der Waals surface area contributed by atoms with Crippen LogP contribution in [0.4, 0.5) is 11.4 Å². The quantitative estimate of drug-likeness (QED) is 0.135. The molecule has 0 spiro atoms. The predicted molar refractivity (Wildman–Crippen MR) is 286 cm³/mol. The summed E-state index contributed by atoms with van der Waals surface area (Å²) in [6, 6.07) is 83.5. The number of furan rings is 1. The predicted octanol–water partition coefficient (Wildman–Crippen LogP) is 17.3. The van der Waals surface area contributed by atoms with E-state index < -0.39 is 5.41 Å². The second-order valence-corrected chi connectivity index (χ2v) is 17.6. The number of benzene rings is 10. The van der Waals surface area contributed by atoms with Crippen LogP contribution in [-0.2, 0) is 5.41 Å². The first kappa shape index (κ1) is 39.4. The Bertz CT molecular complexity index is 3910. The lowest BCUT2D eigenvalue weighted by Gasteiger charge is -2.34. The molecule has 3 nitrogen and oxygen atoms in total. The first-order valence-corrected chi connectivity index (χ1v) is 23.3. The monoisotopic (exact) mass is 868 g/mol. The lowest BCUT2D eigenvalue weighted by atomic mass is 9.68. The minimum Gasteiger partial charge on any atom is -0.455 e. The van der Waals surface area contributed by atoms with Crippen molar-refractivity contribution in [2.24, 2.45) is 0 Å². The normalized spacial score (nSPS) is 13.2. The van der Waals surface area contributed by atoms with Crippen LogP contribution >= 0.6 is 0 Å². The SMILES string of the molecule is C=C/C=C(\C=C\N(c1ccccc1-c1ccc2oc3c4ccccc4ccc3c2c1)c1cccc2c1-c1ccccc1C2(c1ccccc1)c1ccccc1)n1c2ccccc2c2ccccc21. The average molecular weight is 869 g/mol. The third-order valence-corrected chi connectivity index (χ3v) is 14.1. The van der Waals surface area contributed by atoms with E-state index in [4.69, 9.17) is 4.42 Å². The summed E-state index contributed by atoms with van der Waals surface area (Å²) >= 11 is 0. The summed E-state index contributed by atoms with van der Waals surface area (Å²) in [4.78, 5) is 2.41. The summed E-state index contributed by atoms with van der Waals surface area (Å²) in [5, 5.41) is 6.90. The zero-order chi connectivity index (χ0) is 45.2. The van der Waals surface area contributed by atoms with Gasteiger partial charge in [-0.05, 0) is 93.4 Å². The fourth-order valence-corrected chi connectivity index (χ4v) is 11.2. The van der Waals surface area contributed by atoms with Crippen LogP contribution in [0.3, 0.4) is 0 Å². The zero-order valence-electron chi connectivity index (χ0n) is 37.3. The Morgan fingerprint density at radius 1 is 0.485 bits per heavy atom. The molecule has 0 N–H and O–H groups in total. The number of nitrogens with zero attached hydrogens (tertiary/aromatic N) is 2. The molecule has 13 rings (SSSR count). The maximum atomic E-state index is 6.63. The van der Waals surface area contributed by atoms with Crippen LogP contribution in [0.15, 0.2) is 266 Å². The summed E-state index contributed by atoms with van der Waals surface area (Å²) in [5.41, 5.74) is 16.2. The molecule has 0 unspecified atom stereocenters. The number of rotatable bonds is 9. The van der Waals surface area contributed by atoms with Gasteiger partial charge in [-0.2, -0.15) is 0 Å². The van der Waals surface area contributed by atoms with Crippen molar-refractivity contribution in [3.05, 3.63) is 284 Å². The van der Waals surface area contributed by atoms with E-state index >= 15 is 0 Å². The number of fused-ring (bicyclic) bond motifs is 11. The maximum absolute atomic E-state index is 6.63. The van der Waals surface area contributed by atoms with Crippen molar-refractivity contribution in [2.45, 2.75) is 5.41 Å². The Morgan fingerprint density at radius 2 is 1.09 bits per heavy atom. The third-order valence-electron chi connectivity index (χ3n) is 14.1. The molecule has 10 aromatic carbocycles. The Morgan fingerprint density at radius 3 is 1.82 bits per heavy atom. The Labute approximate surface area is 395 Å². The highest BCUT2D eigenvalue weighted by atomic mass is 16.3. The van der Waals surface area contributed by atoms with Gasteiger partial charge in [-0.1, -0.05) is 201 Å². The Kier molecular flexibility index (Phi) is 9.23. The minimum absolute atomic E-state index is 0.562. The second kappa shape index (κ2) is 15.9. The van der Waals surface area contributed by atoms with Crippen molar-refractivity contribution in [1.82, 2.24) is 4.57 Å². The second-order valence-electron chi connectivity index (χ2n) is 17.6. The van der Waals surface area contributed by atoms with Crippen LogP contribution in [0.1, 0.15) is 22.3 Å². The van der Waals surface area contributed by atoms with Gasteiger partial charge in [0.1, 0.15) is 11.2 Å². The van der Waals surface area contributed by atoms with Gasteiger partial charge in [-0.3, -0.25) is 0 Å². The van der Waals surface area contributed by atoms with Gasteiger partial charge in [-0.15, -0.1) is 0 Å². The molecule has 0 atom stereocenters. The van der Waals surface area contributed by atoms with Gasteiger partial charge in [0.25, 0.3) is 0 Å². The van der Waals surface area contributed by atoms with Gasteiger partial charge in [0.15, 0.2) is 0 Å². The summed E-state index contributed by atoms with van der Waals surface area (Å²) < 4.78 is 8.98. The van der Waals surface area contributed by atoms with E-state index in [-0.39, 0.29) is 0 Å². The minimum atomic E-state index is -0.562. The third kappa shape index (κ3) is 5.92. The van der Waals surface area contributed by atoms with E-state index in [0.29, 0.717) is 0 Å². The Balaban J connectivity index is 1.08. The van der Waals surface area contributed by atoms with E-state index in [1.54, 1.807) is 0 Å². The van der Waals surface area contributed by atoms with Gasteiger partial charge >= 0.3 is 0 Å². The molecular weight excluding hydrogens is 825 g/mol. The van der Waals surface area contributed by atoms with Crippen LogP contribution in [0.25, 0.3) is 82.5 Å². The molecule has 12 aromatic rings. The van der Waals surface area contributed by atoms with Gasteiger partial charge in [-0.25, -0.2) is 0 Å². The summed E-state index contributed by atoms with van der Waals surface area (Å²) in [7, 11) is 0. The standard InChI is InChI=1S/C65H44N2O/c1-2-20-48(67-59-34-17-13-28-51(59)52-29-14-18-35-60(52)67)41-42-66(58-33-16-12-26-49(58)45-38-40-62-55(43-45)53-39-37-44-21-9-10-27-50(44)64(53)68-62)61-36-19-32-57-63(61)54-30-11-15-31-56(54)65(57,46-22-5-3-6-23-46)47-24-7-4-8-25-47/h2-43H,1H2/b42-41+,48-20+. The van der Waals surface area contributed by atoms with E-state index in [2.05, 4.69) is 265 Å². The maximum Gasteiger partial charge on any atom is 0.143 e. The van der Waals surface area contributed by atoms with Gasteiger partial charge in [0, 0.05) is 50.0 Å². The number of hydrogen-bond donors (Lipinski definition) is 0. The average Bonchev–Trinajstić information content (AvgIpc) is 4.06. The first-order valence-electron chi connectivity index (χ1n) is 23.3. The molecule has 0 bridgehead atoms. The van der Waals surface area contributed by atoms with Crippen molar-refractivity contribution >= 4 is 71.6 Å². The van der Waals surface area contributed by atoms with Crippen LogP contribution < -0.4 is 4.90 Å². The van der Waals surface area contributed by atoms with Gasteiger partial charge in [0.2, 0.25) is 0 Å². The highest BCUT2D eigenvalue weighted by Gasteiger charge is 2.47. The molecule has 2 heterocycles. The molecule has 1 aliphatic carbocycles. The summed E-state index contributed by atoms with van der Waals surface area (Å²) in [6.07, 6.45) is 8.51. The van der Waals surface area contributed by atoms with E-state index in [9.17, 15) is 0 Å². The molecule has 0 saturated carbocycles. The van der Waals surface area contributed by atoms with E-state index in [1.165, 1.54) is 49.5 Å². The Hall–Kier alpha value is -8.92. The molecular formula is C65H44N2O. The topological polar surface area (TPSA) is 21.3 Å². The molecule has 1 aliphatic rings. The molecule has 0 radical (unpaired) electrons. The van der Waals surface area contributed by atoms with Crippen molar-refractivity contribution in [3.63, 3.8) is 0 Å². The number of anilines is 2. The smallest absolute Gasteiger partial charge is 0.143 e. The fraction of sp³-hybridized carbons (Fsp3) is 0.0154. The number of hydrogen-bond acceptors (Lipinski definition) is 2. The molecule has 0 amide bonds. The number of para-hydroxylation sites is 3. The van der Waals surface area contributed by atoms with Crippen LogP contribution in [0.5, 0.6) is 0 Å². The van der Waals surface area contributed by atoms with E-state index in [0.717, 1.165) is 66.6 Å². The molecule has 2 aromatic heterocycles. The lowest BCUT2D eigenvalue weighted by molar-refractivity contribution is 0.672. The zero-order valence-corrected chi connectivity index (χ0v) is 37.3. The van der Waals surface area contributed by atoms with Crippen LogP contribution in [0, 0.1) is 0 Å². The molecule has 0 fully saturated rings. The lowest BCUT2D eigenvalue weighted by Crippen LogP contribution is -2.28. The van der Waals surface area contributed by atoms with E-state index in [1.807, 2.05) is 6.08 Å². The van der Waals surface area contributed by atoms with Crippen LogP contribution in [-0.4, -0.2) is 4.57 Å². The first-order chi connectivity index (χ1) is 33.7. The van der Waals surface area contributed by atoms with Gasteiger partial charge < -0.3 is 13.9 Å². The highest BCUT2D eigenvalue weighted by Crippen LogP contribution is 2.59. The number of allylic oxidation sites excluding steroid dienone is 4. The molecule has 0 aliphatic heterocycles. The van der Waals surface area contributed by atoms with Gasteiger partial charge in [0.05, 0.1) is 27.8 Å². The highest BCUT2D eigenvalue weighted by molar-refractivity contribution is 6.16. The molecule has 320 valence electrons. The van der Waals surface area contributed by atoms with Crippen molar-refractivity contribution in [1.29, 1.82) is 0 Å².